The minimum absolute atomic E-state index is 0.101. The van der Waals surface area contributed by atoms with Crippen LogP contribution in [0.5, 0.6) is 0 Å². The average Bonchev–Trinajstić information content (AvgIpc) is 2.33. The zero-order valence-electron chi connectivity index (χ0n) is 9.69. The number of aliphatic hydroxyl groups excluding tert-OH is 1. The number of carbonyl (C=O) groups excluding carboxylic acids is 1. The van der Waals surface area contributed by atoms with Gasteiger partial charge in [0.1, 0.15) is 11.9 Å². The summed E-state index contributed by atoms with van der Waals surface area (Å²) in [5, 5.41) is 22.0. The SMILES string of the molecule is O=C(Nc1ccc(F)c(Br)c1)NC(CCO)C(=O)O. The number of aliphatic carboxylic acids is 1. The van der Waals surface area contributed by atoms with Crippen molar-refractivity contribution in [1.29, 1.82) is 0 Å². The number of nitrogens with one attached hydrogen (secondary N) is 2. The number of carboxylic acid groups (broad SMARTS) is 1. The van der Waals surface area contributed by atoms with Gasteiger partial charge in [0.25, 0.3) is 0 Å². The van der Waals surface area contributed by atoms with Crippen molar-refractivity contribution in [2.75, 3.05) is 11.9 Å². The van der Waals surface area contributed by atoms with E-state index in [0.29, 0.717) is 5.69 Å². The highest BCUT2D eigenvalue weighted by Gasteiger charge is 2.19. The molecule has 0 aliphatic heterocycles. The Balaban J connectivity index is 2.63. The zero-order valence-corrected chi connectivity index (χ0v) is 11.3. The molecular weight excluding hydrogens is 323 g/mol. The maximum Gasteiger partial charge on any atom is 0.326 e. The van der Waals surface area contributed by atoms with Crippen LogP contribution in [0.4, 0.5) is 14.9 Å². The number of aliphatic hydroxyl groups is 1. The molecule has 1 aromatic rings. The molecule has 1 atom stereocenters. The molecule has 1 unspecified atom stereocenters. The Bertz CT molecular complexity index is 484. The van der Waals surface area contributed by atoms with Crippen LogP contribution in [0, 0.1) is 5.82 Å². The third-order valence-corrected chi connectivity index (χ3v) is 2.81. The van der Waals surface area contributed by atoms with Gasteiger partial charge >= 0.3 is 12.0 Å². The Labute approximate surface area is 116 Å². The predicted molar refractivity (Wildman–Crippen MR) is 69.4 cm³/mol. The molecule has 0 aromatic heterocycles. The lowest BCUT2D eigenvalue weighted by Gasteiger charge is -2.14. The van der Waals surface area contributed by atoms with Gasteiger partial charge in [-0.2, -0.15) is 0 Å². The predicted octanol–water partition coefficient (Wildman–Crippen LogP) is 1.55. The number of benzene rings is 1. The lowest BCUT2D eigenvalue weighted by atomic mass is 10.2. The maximum atomic E-state index is 13.0. The van der Waals surface area contributed by atoms with E-state index < -0.39 is 23.9 Å². The van der Waals surface area contributed by atoms with E-state index in [2.05, 4.69) is 26.6 Å². The molecule has 2 amide bonds. The Morgan fingerprint density at radius 3 is 2.63 bits per heavy atom. The first kappa shape index (κ1) is 15.4. The summed E-state index contributed by atoms with van der Waals surface area (Å²) >= 11 is 2.96. The van der Waals surface area contributed by atoms with Crippen LogP contribution in [-0.2, 0) is 4.79 Å². The smallest absolute Gasteiger partial charge is 0.326 e. The first-order valence-electron chi connectivity index (χ1n) is 5.30. The zero-order chi connectivity index (χ0) is 14.4. The highest BCUT2D eigenvalue weighted by Crippen LogP contribution is 2.19. The molecule has 0 aliphatic carbocycles. The van der Waals surface area contributed by atoms with Gasteiger partial charge in [0.15, 0.2) is 0 Å². The van der Waals surface area contributed by atoms with Crippen LogP contribution < -0.4 is 10.6 Å². The highest BCUT2D eigenvalue weighted by molar-refractivity contribution is 9.10. The summed E-state index contributed by atoms with van der Waals surface area (Å²) in [6, 6.07) is 1.90. The summed E-state index contributed by atoms with van der Waals surface area (Å²) in [4.78, 5) is 22.3. The maximum absolute atomic E-state index is 13.0. The standard InChI is InChI=1S/C11H12BrFN2O4/c12-7-5-6(1-2-8(7)13)14-11(19)15-9(3-4-16)10(17)18/h1-2,5,9,16H,3-4H2,(H,17,18)(H2,14,15,19). The summed E-state index contributed by atoms with van der Waals surface area (Å²) in [7, 11) is 0. The third-order valence-electron chi connectivity index (χ3n) is 2.20. The van der Waals surface area contributed by atoms with Gasteiger partial charge in [-0.25, -0.2) is 14.0 Å². The highest BCUT2D eigenvalue weighted by atomic mass is 79.9. The van der Waals surface area contributed by atoms with Crippen molar-refractivity contribution in [3.8, 4) is 0 Å². The molecule has 0 bridgehead atoms. The molecule has 0 saturated carbocycles. The fourth-order valence-corrected chi connectivity index (χ4v) is 1.66. The quantitative estimate of drug-likeness (QED) is 0.656. The van der Waals surface area contributed by atoms with Gasteiger partial charge in [-0.15, -0.1) is 0 Å². The van der Waals surface area contributed by atoms with E-state index in [9.17, 15) is 14.0 Å². The molecule has 19 heavy (non-hydrogen) atoms. The van der Waals surface area contributed by atoms with Crippen LogP contribution in [-0.4, -0.2) is 34.9 Å². The molecule has 0 aliphatic rings. The van der Waals surface area contributed by atoms with E-state index in [1.807, 2.05) is 0 Å². The van der Waals surface area contributed by atoms with Gasteiger partial charge in [0, 0.05) is 18.7 Å². The van der Waals surface area contributed by atoms with E-state index in [-0.39, 0.29) is 17.5 Å². The number of carboxylic acids is 1. The average molecular weight is 335 g/mol. The molecule has 0 saturated heterocycles. The lowest BCUT2D eigenvalue weighted by molar-refractivity contribution is -0.139. The number of rotatable bonds is 5. The van der Waals surface area contributed by atoms with Crippen LogP contribution >= 0.6 is 15.9 Å². The normalized spacial score (nSPS) is 11.7. The van der Waals surface area contributed by atoms with Crippen molar-refractivity contribution < 1.29 is 24.2 Å². The Kier molecular flexibility index (Phi) is 5.71. The van der Waals surface area contributed by atoms with Crippen LogP contribution in [0.25, 0.3) is 0 Å². The minimum atomic E-state index is -1.25. The Morgan fingerprint density at radius 2 is 2.11 bits per heavy atom. The lowest BCUT2D eigenvalue weighted by Crippen LogP contribution is -2.43. The molecular formula is C11H12BrFN2O4. The first-order valence-corrected chi connectivity index (χ1v) is 6.09. The van der Waals surface area contributed by atoms with E-state index in [1.54, 1.807) is 0 Å². The number of hydrogen-bond donors (Lipinski definition) is 4. The van der Waals surface area contributed by atoms with Crippen LogP contribution in [0.15, 0.2) is 22.7 Å². The molecule has 1 rings (SSSR count). The molecule has 0 fully saturated rings. The molecule has 0 heterocycles. The Morgan fingerprint density at radius 1 is 1.42 bits per heavy atom. The molecule has 1 aromatic carbocycles. The van der Waals surface area contributed by atoms with E-state index in [4.69, 9.17) is 10.2 Å². The van der Waals surface area contributed by atoms with Crippen molar-refractivity contribution in [3.05, 3.63) is 28.5 Å². The van der Waals surface area contributed by atoms with Gasteiger partial charge in [-0.1, -0.05) is 0 Å². The van der Waals surface area contributed by atoms with E-state index >= 15 is 0 Å². The van der Waals surface area contributed by atoms with Gasteiger partial charge < -0.3 is 20.8 Å². The molecule has 0 spiro atoms. The number of hydrogen-bond acceptors (Lipinski definition) is 3. The van der Waals surface area contributed by atoms with Crippen LogP contribution in [0.2, 0.25) is 0 Å². The summed E-state index contributed by atoms with van der Waals surface area (Å²) in [6.45, 7) is -0.362. The molecule has 6 nitrogen and oxygen atoms in total. The minimum Gasteiger partial charge on any atom is -0.480 e. The van der Waals surface area contributed by atoms with Crippen molar-refractivity contribution in [1.82, 2.24) is 5.32 Å². The van der Waals surface area contributed by atoms with Crippen LogP contribution in [0.3, 0.4) is 0 Å². The fourth-order valence-electron chi connectivity index (χ4n) is 1.29. The number of carbonyl (C=O) groups is 2. The Hall–Kier alpha value is -1.67. The summed E-state index contributed by atoms with van der Waals surface area (Å²) < 4.78 is 13.1. The topological polar surface area (TPSA) is 98.7 Å². The molecule has 8 heteroatoms. The molecule has 4 N–H and O–H groups in total. The van der Waals surface area contributed by atoms with Gasteiger partial charge in [0.05, 0.1) is 4.47 Å². The van der Waals surface area contributed by atoms with E-state index in [0.717, 1.165) is 6.07 Å². The van der Waals surface area contributed by atoms with Gasteiger partial charge in [0.2, 0.25) is 0 Å². The third kappa shape index (κ3) is 4.84. The second kappa shape index (κ2) is 7.05. The number of anilines is 1. The molecule has 0 radical (unpaired) electrons. The molecule has 104 valence electrons. The van der Waals surface area contributed by atoms with Gasteiger partial charge in [-0.3, -0.25) is 0 Å². The summed E-state index contributed by atoms with van der Waals surface area (Å²) in [6.07, 6.45) is -0.101. The fraction of sp³-hybridized carbons (Fsp3) is 0.273. The summed E-state index contributed by atoms with van der Waals surface area (Å²) in [5.74, 6) is -1.72. The second-order valence-electron chi connectivity index (χ2n) is 3.63. The number of halogens is 2. The largest absolute Gasteiger partial charge is 0.480 e. The van der Waals surface area contributed by atoms with Crippen molar-refractivity contribution in [2.24, 2.45) is 0 Å². The summed E-state index contributed by atoms with van der Waals surface area (Å²) in [5.41, 5.74) is 0.305. The van der Waals surface area contributed by atoms with E-state index in [1.165, 1.54) is 12.1 Å². The first-order chi connectivity index (χ1) is 8.93. The van der Waals surface area contributed by atoms with Crippen molar-refractivity contribution in [3.63, 3.8) is 0 Å². The monoisotopic (exact) mass is 334 g/mol. The number of urea groups is 1. The van der Waals surface area contributed by atoms with Gasteiger partial charge in [-0.05, 0) is 34.1 Å². The number of amides is 2. The second-order valence-corrected chi connectivity index (χ2v) is 4.48. The van der Waals surface area contributed by atoms with Crippen molar-refractivity contribution in [2.45, 2.75) is 12.5 Å². The van der Waals surface area contributed by atoms with Crippen molar-refractivity contribution >= 4 is 33.6 Å². The van der Waals surface area contributed by atoms with Crippen LogP contribution in [0.1, 0.15) is 6.42 Å².